The summed E-state index contributed by atoms with van der Waals surface area (Å²) < 4.78 is 0. The average Bonchev–Trinajstić information content (AvgIpc) is 2.88. The lowest BCUT2D eigenvalue weighted by Gasteiger charge is -2.19. The second-order valence-electron chi connectivity index (χ2n) is 4.54. The predicted octanol–water partition coefficient (Wildman–Crippen LogP) is 4.40. The van der Waals surface area contributed by atoms with Crippen molar-refractivity contribution < 1.29 is 0 Å². The van der Waals surface area contributed by atoms with E-state index in [1.54, 1.807) is 0 Å². The second-order valence-corrected chi connectivity index (χ2v) is 6.52. The van der Waals surface area contributed by atoms with Gasteiger partial charge in [0.1, 0.15) is 0 Å². The lowest BCUT2D eigenvalue weighted by Crippen LogP contribution is -2.30. The van der Waals surface area contributed by atoms with Crippen LogP contribution in [-0.2, 0) is 6.42 Å². The molecule has 2 unspecified atom stereocenters. The van der Waals surface area contributed by atoms with Gasteiger partial charge in [0.25, 0.3) is 0 Å². The van der Waals surface area contributed by atoms with Crippen molar-refractivity contribution in [2.45, 2.75) is 39.3 Å². The van der Waals surface area contributed by atoms with Crippen molar-refractivity contribution in [3.05, 3.63) is 44.3 Å². The maximum atomic E-state index is 3.68. The van der Waals surface area contributed by atoms with E-state index in [9.17, 15) is 0 Å². The first-order valence-electron chi connectivity index (χ1n) is 5.99. The molecular weight excluding hydrogens is 246 g/mol. The van der Waals surface area contributed by atoms with Gasteiger partial charge in [-0.2, -0.15) is 0 Å². The van der Waals surface area contributed by atoms with Crippen LogP contribution in [0.25, 0.3) is 0 Å². The minimum Gasteiger partial charge on any atom is -0.307 e. The fourth-order valence-electron chi connectivity index (χ4n) is 2.12. The first-order valence-corrected chi connectivity index (χ1v) is 7.75. The van der Waals surface area contributed by atoms with Gasteiger partial charge in [-0.25, -0.2) is 0 Å². The Kier molecular flexibility index (Phi) is 4.37. The molecule has 92 valence electrons. The van der Waals surface area contributed by atoms with Crippen LogP contribution in [0.15, 0.2) is 29.0 Å². The third kappa shape index (κ3) is 3.41. The molecule has 0 radical (unpaired) electrons. The number of rotatable bonds is 5. The number of aryl methyl sites for hydroxylation is 1. The number of hydrogen-bond donors (Lipinski definition) is 1. The summed E-state index contributed by atoms with van der Waals surface area (Å²) in [6.45, 7) is 6.71. The molecule has 0 aliphatic rings. The summed E-state index contributed by atoms with van der Waals surface area (Å²) in [7, 11) is 0. The molecule has 0 aliphatic carbocycles. The van der Waals surface area contributed by atoms with Gasteiger partial charge in [-0.15, -0.1) is 22.7 Å². The van der Waals surface area contributed by atoms with Crippen LogP contribution in [0, 0.1) is 6.92 Å². The van der Waals surface area contributed by atoms with Crippen LogP contribution < -0.4 is 5.32 Å². The Morgan fingerprint density at radius 1 is 1.18 bits per heavy atom. The summed E-state index contributed by atoms with van der Waals surface area (Å²) in [6.07, 6.45) is 1.12. The van der Waals surface area contributed by atoms with Gasteiger partial charge in [-0.05, 0) is 55.6 Å². The molecule has 0 fully saturated rings. The van der Waals surface area contributed by atoms with E-state index in [0.29, 0.717) is 12.1 Å². The number of hydrogen-bond acceptors (Lipinski definition) is 3. The van der Waals surface area contributed by atoms with E-state index >= 15 is 0 Å². The third-order valence-corrected chi connectivity index (χ3v) is 5.02. The minimum atomic E-state index is 0.449. The van der Waals surface area contributed by atoms with Crippen molar-refractivity contribution in [3.63, 3.8) is 0 Å². The summed E-state index contributed by atoms with van der Waals surface area (Å²) in [6, 6.07) is 7.50. The molecule has 2 atom stereocenters. The van der Waals surface area contributed by atoms with Crippen LogP contribution in [-0.4, -0.2) is 6.04 Å². The molecule has 1 N–H and O–H groups in total. The van der Waals surface area contributed by atoms with Crippen molar-refractivity contribution in [1.82, 2.24) is 5.32 Å². The van der Waals surface area contributed by atoms with Gasteiger partial charge in [0, 0.05) is 21.8 Å². The monoisotopic (exact) mass is 265 g/mol. The number of nitrogens with one attached hydrogen (secondary N) is 1. The van der Waals surface area contributed by atoms with Crippen molar-refractivity contribution in [1.29, 1.82) is 0 Å². The van der Waals surface area contributed by atoms with Crippen LogP contribution >= 0.6 is 22.7 Å². The molecule has 1 nitrogen and oxygen atoms in total. The van der Waals surface area contributed by atoms with Crippen LogP contribution in [0.3, 0.4) is 0 Å². The topological polar surface area (TPSA) is 12.0 Å². The molecule has 0 aliphatic heterocycles. The van der Waals surface area contributed by atoms with Gasteiger partial charge in [0.05, 0.1) is 0 Å². The van der Waals surface area contributed by atoms with E-state index in [1.807, 2.05) is 22.7 Å². The number of thiophene rings is 2. The summed E-state index contributed by atoms with van der Waals surface area (Å²) >= 11 is 3.69. The summed E-state index contributed by atoms with van der Waals surface area (Å²) in [5.74, 6) is 0. The van der Waals surface area contributed by atoms with Crippen LogP contribution in [0.4, 0.5) is 0 Å². The SMILES string of the molecule is Cc1ccsc1C(C)NC(C)Cc1cccs1. The van der Waals surface area contributed by atoms with Gasteiger partial charge in [0.15, 0.2) is 0 Å². The summed E-state index contributed by atoms with van der Waals surface area (Å²) in [5, 5.41) is 8.00. The molecule has 0 amide bonds. The van der Waals surface area contributed by atoms with Crippen molar-refractivity contribution in [3.8, 4) is 0 Å². The maximum absolute atomic E-state index is 3.68. The second kappa shape index (κ2) is 5.80. The molecule has 2 aromatic rings. The molecular formula is C14H19NS2. The highest BCUT2D eigenvalue weighted by atomic mass is 32.1. The van der Waals surface area contributed by atoms with E-state index in [0.717, 1.165) is 6.42 Å². The maximum Gasteiger partial charge on any atom is 0.0390 e. The van der Waals surface area contributed by atoms with E-state index in [4.69, 9.17) is 0 Å². The Morgan fingerprint density at radius 2 is 2.00 bits per heavy atom. The highest BCUT2D eigenvalue weighted by Crippen LogP contribution is 2.24. The van der Waals surface area contributed by atoms with Gasteiger partial charge >= 0.3 is 0 Å². The molecule has 17 heavy (non-hydrogen) atoms. The summed E-state index contributed by atoms with van der Waals surface area (Å²) in [4.78, 5) is 2.92. The van der Waals surface area contributed by atoms with Crippen LogP contribution in [0.1, 0.15) is 35.2 Å². The van der Waals surface area contributed by atoms with Crippen molar-refractivity contribution in [2.24, 2.45) is 0 Å². The zero-order valence-corrected chi connectivity index (χ0v) is 12.2. The molecule has 2 heterocycles. The first-order chi connectivity index (χ1) is 8.16. The molecule has 2 rings (SSSR count). The van der Waals surface area contributed by atoms with Crippen LogP contribution in [0.2, 0.25) is 0 Å². The first kappa shape index (κ1) is 12.8. The molecule has 0 saturated carbocycles. The quantitative estimate of drug-likeness (QED) is 0.845. The fraction of sp³-hybridized carbons (Fsp3) is 0.429. The fourth-order valence-corrected chi connectivity index (χ4v) is 3.90. The van der Waals surface area contributed by atoms with E-state index in [-0.39, 0.29) is 0 Å². The Bertz CT molecular complexity index is 444. The lowest BCUT2D eigenvalue weighted by molar-refractivity contribution is 0.483. The third-order valence-electron chi connectivity index (χ3n) is 2.92. The molecule has 3 heteroatoms. The van der Waals surface area contributed by atoms with E-state index < -0.39 is 0 Å². The summed E-state index contributed by atoms with van der Waals surface area (Å²) in [5.41, 5.74) is 1.40. The normalized spacial score (nSPS) is 14.8. The Labute approximate surface area is 112 Å². The zero-order valence-electron chi connectivity index (χ0n) is 10.6. The Morgan fingerprint density at radius 3 is 2.59 bits per heavy atom. The van der Waals surface area contributed by atoms with E-state index in [1.165, 1.54) is 15.3 Å². The molecule has 0 aromatic carbocycles. The van der Waals surface area contributed by atoms with Gasteiger partial charge < -0.3 is 5.32 Å². The Hall–Kier alpha value is -0.640. The van der Waals surface area contributed by atoms with Crippen LogP contribution in [0.5, 0.6) is 0 Å². The molecule has 0 bridgehead atoms. The average molecular weight is 265 g/mol. The highest BCUT2D eigenvalue weighted by Gasteiger charge is 2.13. The minimum absolute atomic E-state index is 0.449. The lowest BCUT2D eigenvalue weighted by atomic mass is 10.1. The molecule has 2 aromatic heterocycles. The van der Waals surface area contributed by atoms with Gasteiger partial charge in [-0.1, -0.05) is 6.07 Å². The van der Waals surface area contributed by atoms with Gasteiger partial charge in [-0.3, -0.25) is 0 Å². The standard InChI is InChI=1S/C14H19NS2/c1-10-6-8-17-14(10)12(3)15-11(2)9-13-5-4-7-16-13/h4-8,11-12,15H,9H2,1-3H3. The predicted molar refractivity (Wildman–Crippen MR) is 78.1 cm³/mol. The molecule has 0 spiro atoms. The smallest absolute Gasteiger partial charge is 0.0390 e. The van der Waals surface area contributed by atoms with E-state index in [2.05, 4.69) is 55.0 Å². The van der Waals surface area contributed by atoms with Crippen molar-refractivity contribution in [2.75, 3.05) is 0 Å². The molecule has 0 saturated heterocycles. The van der Waals surface area contributed by atoms with Crippen molar-refractivity contribution >= 4 is 22.7 Å². The zero-order chi connectivity index (χ0) is 12.3. The Balaban J connectivity index is 1.90. The van der Waals surface area contributed by atoms with Gasteiger partial charge in [0.2, 0.25) is 0 Å². The highest BCUT2D eigenvalue weighted by molar-refractivity contribution is 7.10. The largest absolute Gasteiger partial charge is 0.307 e.